The smallest absolute Gasteiger partial charge is 0.110 e. The van der Waals surface area contributed by atoms with Crippen LogP contribution in [0.4, 0.5) is 5.69 Å². The van der Waals surface area contributed by atoms with Crippen LogP contribution in [0.5, 0.6) is 0 Å². The molecule has 0 saturated heterocycles. The quantitative estimate of drug-likeness (QED) is 0.460. The number of thioether (sulfide) groups is 1. The molecule has 1 aliphatic rings. The zero-order chi connectivity index (χ0) is 14.7. The van der Waals surface area contributed by atoms with E-state index >= 15 is 0 Å². The molecular formula is C17H25N3S. The summed E-state index contributed by atoms with van der Waals surface area (Å²) in [5.74, 6) is 2.91. The van der Waals surface area contributed by atoms with E-state index in [0.717, 1.165) is 22.5 Å². The zero-order valence-electron chi connectivity index (χ0n) is 12.8. The maximum atomic E-state index is 6.19. The molecule has 0 unspecified atom stereocenters. The Balaban J connectivity index is 1.83. The molecule has 3 nitrogen and oxygen atoms in total. The van der Waals surface area contributed by atoms with Gasteiger partial charge in [-0.25, -0.2) is 4.98 Å². The third kappa shape index (κ3) is 3.37. The first-order valence-corrected chi connectivity index (χ1v) is 9.18. The van der Waals surface area contributed by atoms with Crippen molar-refractivity contribution >= 4 is 28.5 Å². The molecule has 0 atom stereocenters. The zero-order valence-corrected chi connectivity index (χ0v) is 13.6. The van der Waals surface area contributed by atoms with Gasteiger partial charge in [0.2, 0.25) is 0 Å². The van der Waals surface area contributed by atoms with Gasteiger partial charge in [-0.3, -0.25) is 0 Å². The van der Waals surface area contributed by atoms with E-state index in [1.807, 2.05) is 11.8 Å². The fourth-order valence-electron chi connectivity index (χ4n) is 3.09. The van der Waals surface area contributed by atoms with Crippen molar-refractivity contribution in [2.75, 3.05) is 11.5 Å². The number of fused-ring (bicyclic) bond motifs is 1. The Morgan fingerprint density at radius 2 is 2.10 bits per heavy atom. The summed E-state index contributed by atoms with van der Waals surface area (Å²) in [4.78, 5) is 9.52. The van der Waals surface area contributed by atoms with Gasteiger partial charge in [-0.15, -0.1) is 11.8 Å². The number of aromatic nitrogens is 2. The first kappa shape index (κ1) is 14.8. The Hall–Kier alpha value is -1.16. The number of anilines is 1. The Morgan fingerprint density at radius 3 is 2.86 bits per heavy atom. The van der Waals surface area contributed by atoms with Gasteiger partial charge < -0.3 is 10.7 Å². The van der Waals surface area contributed by atoms with Crippen molar-refractivity contribution in [2.24, 2.45) is 0 Å². The number of unbranched alkanes of at least 4 members (excludes halogenated alkanes) is 1. The minimum absolute atomic E-state index is 0.614. The molecule has 1 aromatic heterocycles. The Kier molecular flexibility index (Phi) is 4.73. The molecule has 1 aliphatic carbocycles. The summed E-state index contributed by atoms with van der Waals surface area (Å²) in [5.41, 5.74) is 9.23. The molecule has 114 valence electrons. The molecule has 4 heteroatoms. The van der Waals surface area contributed by atoms with Gasteiger partial charge in [0.1, 0.15) is 5.82 Å². The van der Waals surface area contributed by atoms with E-state index < -0.39 is 0 Å². The predicted octanol–water partition coefficient (Wildman–Crippen LogP) is 5.09. The molecule has 0 radical (unpaired) electrons. The average molecular weight is 303 g/mol. The largest absolute Gasteiger partial charge is 0.398 e. The van der Waals surface area contributed by atoms with Gasteiger partial charge in [0.05, 0.1) is 11.0 Å². The molecule has 0 aliphatic heterocycles. The number of aromatic amines is 1. The Labute approximate surface area is 131 Å². The van der Waals surface area contributed by atoms with Gasteiger partial charge >= 0.3 is 0 Å². The van der Waals surface area contributed by atoms with Crippen LogP contribution in [0.15, 0.2) is 17.0 Å². The van der Waals surface area contributed by atoms with E-state index in [9.17, 15) is 0 Å². The monoisotopic (exact) mass is 303 g/mol. The first-order valence-electron chi connectivity index (χ1n) is 8.20. The molecule has 21 heavy (non-hydrogen) atoms. The highest BCUT2D eigenvalue weighted by Crippen LogP contribution is 2.34. The summed E-state index contributed by atoms with van der Waals surface area (Å²) < 4.78 is 0. The number of hydrogen-bond acceptors (Lipinski definition) is 3. The van der Waals surface area contributed by atoms with Crippen molar-refractivity contribution < 1.29 is 0 Å². The molecule has 3 rings (SSSR count). The SMILES string of the molecule is CCCCSc1cc2nc(C3CCCCC3)[nH]c2cc1N. The lowest BCUT2D eigenvalue weighted by molar-refractivity contribution is 0.431. The highest BCUT2D eigenvalue weighted by molar-refractivity contribution is 7.99. The third-order valence-electron chi connectivity index (χ3n) is 4.38. The minimum Gasteiger partial charge on any atom is -0.398 e. The normalized spacial score (nSPS) is 16.6. The number of imidazole rings is 1. The van der Waals surface area contributed by atoms with E-state index in [2.05, 4.69) is 24.0 Å². The van der Waals surface area contributed by atoms with E-state index in [0.29, 0.717) is 5.92 Å². The molecule has 0 spiro atoms. The van der Waals surface area contributed by atoms with Crippen molar-refractivity contribution in [3.8, 4) is 0 Å². The fourth-order valence-corrected chi connectivity index (χ4v) is 4.17. The average Bonchev–Trinajstić information content (AvgIpc) is 2.91. The number of nitrogens with zero attached hydrogens (tertiary/aromatic N) is 1. The van der Waals surface area contributed by atoms with Crippen molar-refractivity contribution in [3.05, 3.63) is 18.0 Å². The molecule has 1 heterocycles. The lowest BCUT2D eigenvalue weighted by atomic mass is 9.89. The van der Waals surface area contributed by atoms with Crippen LogP contribution in [0, 0.1) is 0 Å². The molecule has 1 saturated carbocycles. The lowest BCUT2D eigenvalue weighted by Crippen LogP contribution is -2.05. The maximum Gasteiger partial charge on any atom is 0.110 e. The molecular weight excluding hydrogens is 278 g/mol. The van der Waals surface area contributed by atoms with Crippen LogP contribution < -0.4 is 5.73 Å². The summed E-state index contributed by atoms with van der Waals surface area (Å²) >= 11 is 1.85. The molecule has 3 N–H and O–H groups in total. The van der Waals surface area contributed by atoms with E-state index in [1.54, 1.807) is 0 Å². The van der Waals surface area contributed by atoms with E-state index in [1.165, 1.54) is 55.7 Å². The van der Waals surface area contributed by atoms with Gasteiger partial charge in [0.15, 0.2) is 0 Å². The summed E-state index contributed by atoms with van der Waals surface area (Å²) in [5, 5.41) is 0. The number of rotatable bonds is 5. The molecule has 0 bridgehead atoms. The van der Waals surface area contributed by atoms with Crippen LogP contribution in [-0.2, 0) is 0 Å². The van der Waals surface area contributed by atoms with Gasteiger partial charge in [-0.2, -0.15) is 0 Å². The van der Waals surface area contributed by atoms with Crippen molar-refractivity contribution in [3.63, 3.8) is 0 Å². The van der Waals surface area contributed by atoms with E-state index in [-0.39, 0.29) is 0 Å². The number of nitrogens with one attached hydrogen (secondary N) is 1. The molecule has 0 amide bonds. The van der Waals surface area contributed by atoms with Crippen LogP contribution in [-0.4, -0.2) is 15.7 Å². The second-order valence-corrected chi connectivity index (χ2v) is 7.20. The molecule has 2 aromatic rings. The number of hydrogen-bond donors (Lipinski definition) is 2. The summed E-state index contributed by atoms with van der Waals surface area (Å²) in [6, 6.07) is 4.22. The minimum atomic E-state index is 0.614. The number of benzene rings is 1. The lowest BCUT2D eigenvalue weighted by Gasteiger charge is -2.18. The fraction of sp³-hybridized carbons (Fsp3) is 0.588. The van der Waals surface area contributed by atoms with Crippen LogP contribution in [0.2, 0.25) is 0 Å². The first-order chi connectivity index (χ1) is 10.3. The topological polar surface area (TPSA) is 54.7 Å². The standard InChI is InChI=1S/C17H25N3S/c1-2-3-9-21-16-11-15-14(10-13(16)18)19-17(20-15)12-7-5-4-6-8-12/h10-12H,2-9,18H2,1H3,(H,19,20). The highest BCUT2D eigenvalue weighted by atomic mass is 32.2. The van der Waals surface area contributed by atoms with Crippen LogP contribution >= 0.6 is 11.8 Å². The maximum absolute atomic E-state index is 6.19. The van der Waals surface area contributed by atoms with Crippen molar-refractivity contribution in [1.82, 2.24) is 9.97 Å². The van der Waals surface area contributed by atoms with Crippen LogP contribution in [0.3, 0.4) is 0 Å². The van der Waals surface area contributed by atoms with Crippen LogP contribution in [0.1, 0.15) is 63.6 Å². The van der Waals surface area contributed by atoms with Crippen molar-refractivity contribution in [2.45, 2.75) is 62.7 Å². The Bertz CT molecular complexity index is 599. The predicted molar refractivity (Wildman–Crippen MR) is 92.0 cm³/mol. The van der Waals surface area contributed by atoms with Crippen molar-refractivity contribution in [1.29, 1.82) is 0 Å². The summed E-state index contributed by atoms with van der Waals surface area (Å²) in [7, 11) is 0. The highest BCUT2D eigenvalue weighted by Gasteiger charge is 2.19. The van der Waals surface area contributed by atoms with E-state index in [4.69, 9.17) is 10.7 Å². The number of H-pyrrole nitrogens is 1. The Morgan fingerprint density at radius 1 is 1.29 bits per heavy atom. The summed E-state index contributed by atoms with van der Waals surface area (Å²) in [6.45, 7) is 2.22. The van der Waals surface area contributed by atoms with Gasteiger partial charge in [-0.05, 0) is 37.1 Å². The van der Waals surface area contributed by atoms with Crippen LogP contribution in [0.25, 0.3) is 11.0 Å². The van der Waals surface area contributed by atoms with Gasteiger partial charge in [-0.1, -0.05) is 32.6 Å². The number of nitrogen functional groups attached to an aromatic ring is 1. The second kappa shape index (κ2) is 6.73. The third-order valence-corrected chi connectivity index (χ3v) is 5.54. The number of nitrogens with two attached hydrogens (primary N) is 1. The van der Waals surface area contributed by atoms with Gasteiger partial charge in [0, 0.05) is 16.5 Å². The summed E-state index contributed by atoms with van der Waals surface area (Å²) in [6.07, 6.45) is 9.05. The molecule has 1 fully saturated rings. The second-order valence-electron chi connectivity index (χ2n) is 6.07. The van der Waals surface area contributed by atoms with Gasteiger partial charge in [0.25, 0.3) is 0 Å². The molecule has 1 aromatic carbocycles.